The number of hydrogen-bond acceptors (Lipinski definition) is 0. The Morgan fingerprint density at radius 1 is 0.556 bits per heavy atom. The summed E-state index contributed by atoms with van der Waals surface area (Å²) in [5.74, 6) is 0. The van der Waals surface area contributed by atoms with Crippen LogP contribution in [0.3, 0.4) is 0 Å². The van der Waals surface area contributed by atoms with Gasteiger partial charge in [0.05, 0.1) is 0 Å². The van der Waals surface area contributed by atoms with Crippen LogP contribution in [0.5, 0.6) is 0 Å². The number of rotatable bonds is 0. The van der Waals surface area contributed by atoms with E-state index in [-0.39, 0.29) is 29.6 Å². The Bertz CT molecular complexity index is 26.5. The van der Waals surface area contributed by atoms with Crippen molar-refractivity contribution >= 4 is 44.6 Å². The quantitative estimate of drug-likeness (QED) is 0.369. The molecule has 0 aromatic rings. The van der Waals surface area contributed by atoms with Crippen molar-refractivity contribution in [1.82, 2.24) is 0 Å². The van der Waals surface area contributed by atoms with Gasteiger partial charge in [-0.05, 0) is 0 Å². The minimum Gasteiger partial charge on any atom is -0.254 e. The second-order valence-corrected chi connectivity index (χ2v) is 0.495. The second kappa shape index (κ2) is 11.5. The Morgan fingerprint density at radius 3 is 0.556 bits per heavy atom. The first-order chi connectivity index (χ1) is 3.46. The van der Waals surface area contributed by atoms with Crippen molar-refractivity contribution in [3.05, 3.63) is 0 Å². The predicted octanol–water partition coefficient (Wildman–Crippen LogP) is 1.38. The van der Waals surface area contributed by atoms with Crippen LogP contribution in [-0.4, -0.2) is 44.6 Å². The monoisotopic (exact) mass is 159 g/mol. The van der Waals surface area contributed by atoms with Crippen molar-refractivity contribution < 1.29 is 25.9 Å². The van der Waals surface area contributed by atoms with Gasteiger partial charge in [0, 0.05) is 29.6 Å². The first kappa shape index (κ1) is 16.4. The molecule has 0 saturated heterocycles. The van der Waals surface area contributed by atoms with Crippen molar-refractivity contribution in [3.8, 4) is 0 Å². The van der Waals surface area contributed by atoms with Crippen LogP contribution < -0.4 is 0 Å². The first-order valence-electron chi connectivity index (χ1n) is 1.31. The molecule has 1 radical (unpaired) electrons. The maximum Gasteiger partial charge on any atom is 0.762 e. The number of hydrogen-bond donors (Lipinski definition) is 0. The summed E-state index contributed by atoms with van der Waals surface area (Å²) >= 11 is 0. The van der Waals surface area contributed by atoms with Gasteiger partial charge in [0.15, 0.2) is 0 Å². The van der Waals surface area contributed by atoms with Crippen LogP contribution in [-0.2, 0) is 0 Å². The molecular formula is B2F6Na. The van der Waals surface area contributed by atoms with E-state index in [0.717, 1.165) is 0 Å². The van der Waals surface area contributed by atoms with Crippen LogP contribution in [0, 0.1) is 0 Å². The van der Waals surface area contributed by atoms with Gasteiger partial charge in [0.1, 0.15) is 0 Å². The van der Waals surface area contributed by atoms with Gasteiger partial charge in [-0.1, -0.05) is 0 Å². The molecule has 0 spiro atoms. The summed E-state index contributed by atoms with van der Waals surface area (Å²) in [5, 5.41) is 0. The van der Waals surface area contributed by atoms with Crippen LogP contribution in [0.15, 0.2) is 0 Å². The molecule has 0 bridgehead atoms. The molecule has 0 N–H and O–H groups in total. The Kier molecular flexibility index (Phi) is 20.9. The van der Waals surface area contributed by atoms with Crippen LogP contribution in [0.1, 0.15) is 0 Å². The Morgan fingerprint density at radius 2 is 0.556 bits per heavy atom. The zero-order valence-electron chi connectivity index (χ0n) is 4.42. The van der Waals surface area contributed by atoms with Gasteiger partial charge in [0.25, 0.3) is 0 Å². The fraction of sp³-hybridized carbons (Fsp3) is 0. The summed E-state index contributed by atoms with van der Waals surface area (Å²) in [6.07, 6.45) is 0. The summed E-state index contributed by atoms with van der Waals surface area (Å²) in [6.45, 7) is 0. The van der Waals surface area contributed by atoms with Gasteiger partial charge in [-0.3, -0.25) is 25.9 Å². The molecule has 0 aromatic heterocycles. The minimum atomic E-state index is -3.67. The molecule has 0 unspecified atom stereocenters. The molecule has 0 fully saturated rings. The summed E-state index contributed by atoms with van der Waals surface area (Å²) in [6, 6.07) is 0. The van der Waals surface area contributed by atoms with E-state index < -0.39 is 15.1 Å². The van der Waals surface area contributed by atoms with Crippen molar-refractivity contribution in [3.63, 3.8) is 0 Å². The average molecular weight is 159 g/mol. The molecule has 49 valence electrons. The normalized spacial score (nSPS) is 6.00. The van der Waals surface area contributed by atoms with Crippen molar-refractivity contribution in [2.24, 2.45) is 0 Å². The Labute approximate surface area is 70.7 Å². The van der Waals surface area contributed by atoms with Crippen LogP contribution in [0.4, 0.5) is 25.9 Å². The molecule has 9 heteroatoms. The van der Waals surface area contributed by atoms with E-state index >= 15 is 0 Å². The smallest absolute Gasteiger partial charge is 0.254 e. The van der Waals surface area contributed by atoms with E-state index in [1.165, 1.54) is 0 Å². The third-order valence-electron chi connectivity index (χ3n) is 0. The Balaban J connectivity index is -0.0000000720. The third kappa shape index (κ3) is 778. The Hall–Kier alpha value is 0.710. The van der Waals surface area contributed by atoms with E-state index in [1.807, 2.05) is 0 Å². The van der Waals surface area contributed by atoms with Gasteiger partial charge in [-0.2, -0.15) is 0 Å². The third-order valence-corrected chi connectivity index (χ3v) is 0. The molecule has 0 aliphatic heterocycles. The molecule has 0 saturated carbocycles. The molecule has 0 nitrogen and oxygen atoms in total. The van der Waals surface area contributed by atoms with Crippen LogP contribution in [0.25, 0.3) is 0 Å². The fourth-order valence-electron chi connectivity index (χ4n) is 0. The zero-order chi connectivity index (χ0) is 7.15. The van der Waals surface area contributed by atoms with E-state index in [4.69, 9.17) is 0 Å². The van der Waals surface area contributed by atoms with Gasteiger partial charge < -0.3 is 0 Å². The summed E-state index contributed by atoms with van der Waals surface area (Å²) in [7, 11) is -7.33. The minimum absolute atomic E-state index is 0. The van der Waals surface area contributed by atoms with Gasteiger partial charge in [-0.15, -0.1) is 0 Å². The van der Waals surface area contributed by atoms with E-state index in [0.29, 0.717) is 0 Å². The van der Waals surface area contributed by atoms with Crippen molar-refractivity contribution in [2.45, 2.75) is 0 Å². The topological polar surface area (TPSA) is 0 Å². The molecule has 0 amide bonds. The maximum atomic E-state index is 9.67. The van der Waals surface area contributed by atoms with Crippen LogP contribution >= 0.6 is 0 Å². The second-order valence-electron chi connectivity index (χ2n) is 0.495. The summed E-state index contributed by atoms with van der Waals surface area (Å²) in [4.78, 5) is 0. The maximum absolute atomic E-state index is 9.67. The number of halogens is 6. The zero-order valence-corrected chi connectivity index (χ0v) is 6.42. The SMILES string of the molecule is FB(F)F.FB(F)F.[Na]. The predicted molar refractivity (Wildman–Crippen MR) is 23.9 cm³/mol. The molecule has 0 rings (SSSR count). The van der Waals surface area contributed by atoms with E-state index in [1.54, 1.807) is 0 Å². The van der Waals surface area contributed by atoms with Crippen LogP contribution in [0.2, 0.25) is 0 Å². The van der Waals surface area contributed by atoms with Crippen molar-refractivity contribution in [2.75, 3.05) is 0 Å². The molecule has 0 atom stereocenters. The first-order valence-corrected chi connectivity index (χ1v) is 1.31. The van der Waals surface area contributed by atoms with Gasteiger partial charge in [-0.25, -0.2) is 0 Å². The molecule has 0 aromatic carbocycles. The van der Waals surface area contributed by atoms with Gasteiger partial charge >= 0.3 is 15.1 Å². The molecule has 0 heterocycles. The largest absolute Gasteiger partial charge is 0.762 e. The standard InChI is InChI=1S/2BF3.Na/c2*2-1(3)4;. The summed E-state index contributed by atoms with van der Waals surface area (Å²) in [5.41, 5.74) is 0. The summed E-state index contributed by atoms with van der Waals surface area (Å²) < 4.78 is 58.0. The molecule has 0 aliphatic rings. The molecule has 9 heavy (non-hydrogen) atoms. The average Bonchev–Trinajstić information content (AvgIpc) is 1.25. The van der Waals surface area contributed by atoms with E-state index in [2.05, 4.69) is 0 Å². The van der Waals surface area contributed by atoms with E-state index in [9.17, 15) is 25.9 Å². The van der Waals surface area contributed by atoms with Crippen molar-refractivity contribution in [1.29, 1.82) is 0 Å². The molecule has 0 aliphatic carbocycles. The fourth-order valence-corrected chi connectivity index (χ4v) is 0. The van der Waals surface area contributed by atoms with Gasteiger partial charge in [0.2, 0.25) is 0 Å². The molecular weight excluding hydrogens is 159 g/mol.